The Morgan fingerprint density at radius 3 is 2.63 bits per heavy atom. The van der Waals surface area contributed by atoms with Gasteiger partial charge in [-0.15, -0.1) is 0 Å². The standard InChI is InChI=1S/C23H24N2O4S/c1-15(2)13-25-22(28)20(30-23(25)24-18-9-7-16(3)8-10-18)12-17-5-4-6-19(11-17)29-14-21(26)27/h4-12,15H,13-14H2,1-3H3,(H,26,27)/b20-12+,24-23?. The molecule has 0 bridgehead atoms. The number of amidine groups is 1. The van der Waals surface area contributed by atoms with Gasteiger partial charge in [-0.25, -0.2) is 9.79 Å². The summed E-state index contributed by atoms with van der Waals surface area (Å²) in [6, 6.07) is 14.9. The minimum Gasteiger partial charge on any atom is -0.482 e. The molecule has 1 N–H and O–H groups in total. The van der Waals surface area contributed by atoms with Crippen molar-refractivity contribution in [1.82, 2.24) is 4.90 Å². The molecule has 0 aliphatic carbocycles. The van der Waals surface area contributed by atoms with Crippen LogP contribution in [0, 0.1) is 12.8 Å². The zero-order valence-corrected chi connectivity index (χ0v) is 18.0. The predicted molar refractivity (Wildman–Crippen MR) is 120 cm³/mol. The van der Waals surface area contributed by atoms with E-state index in [1.807, 2.05) is 37.3 Å². The van der Waals surface area contributed by atoms with Crippen LogP contribution in [-0.2, 0) is 9.59 Å². The zero-order chi connectivity index (χ0) is 21.7. The number of aliphatic carboxylic acids is 1. The van der Waals surface area contributed by atoms with Crippen molar-refractivity contribution in [2.24, 2.45) is 10.9 Å². The Labute approximate surface area is 180 Å². The number of ether oxygens (including phenoxy) is 1. The van der Waals surface area contributed by atoms with E-state index in [1.54, 1.807) is 29.2 Å². The number of benzene rings is 2. The lowest BCUT2D eigenvalue weighted by Gasteiger charge is -2.17. The molecule has 0 saturated carbocycles. The van der Waals surface area contributed by atoms with Gasteiger partial charge >= 0.3 is 5.97 Å². The lowest BCUT2D eigenvalue weighted by atomic mass is 10.2. The number of aliphatic imine (C=N–C) groups is 1. The molecule has 1 saturated heterocycles. The number of rotatable bonds is 7. The molecule has 1 aliphatic rings. The highest BCUT2D eigenvalue weighted by atomic mass is 32.2. The third kappa shape index (κ3) is 5.73. The molecular formula is C23H24N2O4S. The second kappa shape index (κ2) is 9.63. The van der Waals surface area contributed by atoms with E-state index in [9.17, 15) is 9.59 Å². The molecule has 0 atom stereocenters. The summed E-state index contributed by atoms with van der Waals surface area (Å²) in [6.45, 7) is 6.31. The van der Waals surface area contributed by atoms with Gasteiger partial charge in [0.2, 0.25) is 0 Å². The van der Waals surface area contributed by atoms with E-state index in [2.05, 4.69) is 13.8 Å². The number of carboxylic acid groups (broad SMARTS) is 1. The minimum atomic E-state index is -1.04. The van der Waals surface area contributed by atoms with Crippen LogP contribution in [0.25, 0.3) is 6.08 Å². The maximum absolute atomic E-state index is 13.0. The van der Waals surface area contributed by atoms with Crippen molar-refractivity contribution in [2.75, 3.05) is 13.2 Å². The van der Waals surface area contributed by atoms with Crippen LogP contribution in [0.2, 0.25) is 0 Å². The highest BCUT2D eigenvalue weighted by Gasteiger charge is 2.33. The molecular weight excluding hydrogens is 400 g/mol. The van der Waals surface area contributed by atoms with Crippen LogP contribution >= 0.6 is 11.8 Å². The van der Waals surface area contributed by atoms with Crippen LogP contribution in [0.1, 0.15) is 25.0 Å². The molecule has 0 aromatic heterocycles. The van der Waals surface area contributed by atoms with Crippen molar-refractivity contribution in [2.45, 2.75) is 20.8 Å². The molecule has 1 heterocycles. The Morgan fingerprint density at radius 1 is 1.23 bits per heavy atom. The first-order chi connectivity index (χ1) is 14.3. The first-order valence-corrected chi connectivity index (χ1v) is 10.4. The molecule has 1 aliphatic heterocycles. The van der Waals surface area contributed by atoms with E-state index in [0.717, 1.165) is 16.8 Å². The van der Waals surface area contributed by atoms with Crippen LogP contribution in [-0.4, -0.2) is 40.2 Å². The first-order valence-electron chi connectivity index (χ1n) is 9.63. The van der Waals surface area contributed by atoms with Crippen LogP contribution in [0.4, 0.5) is 5.69 Å². The van der Waals surface area contributed by atoms with Gasteiger partial charge in [-0.05, 0) is 60.5 Å². The largest absolute Gasteiger partial charge is 0.482 e. The Morgan fingerprint density at radius 2 is 1.97 bits per heavy atom. The highest BCUT2D eigenvalue weighted by molar-refractivity contribution is 8.18. The number of carbonyl (C=O) groups excluding carboxylic acids is 1. The fourth-order valence-electron chi connectivity index (χ4n) is 2.84. The fourth-order valence-corrected chi connectivity index (χ4v) is 3.85. The summed E-state index contributed by atoms with van der Waals surface area (Å²) in [5.41, 5.74) is 2.71. The Kier molecular flexibility index (Phi) is 6.95. The van der Waals surface area contributed by atoms with Gasteiger partial charge in [0.25, 0.3) is 5.91 Å². The third-order valence-electron chi connectivity index (χ3n) is 4.21. The normalized spacial score (nSPS) is 16.7. The van der Waals surface area contributed by atoms with Gasteiger partial charge in [-0.2, -0.15) is 0 Å². The van der Waals surface area contributed by atoms with Gasteiger partial charge in [0.15, 0.2) is 11.8 Å². The molecule has 1 amide bonds. The molecule has 3 rings (SSSR count). The van der Waals surface area contributed by atoms with Gasteiger partial charge in [-0.3, -0.25) is 9.69 Å². The van der Waals surface area contributed by atoms with Gasteiger partial charge in [0.1, 0.15) is 5.75 Å². The van der Waals surface area contributed by atoms with Gasteiger partial charge < -0.3 is 9.84 Å². The summed E-state index contributed by atoms with van der Waals surface area (Å²) in [6.07, 6.45) is 1.78. The number of thioether (sulfide) groups is 1. The number of hydrogen-bond acceptors (Lipinski definition) is 5. The number of nitrogens with zero attached hydrogens (tertiary/aromatic N) is 2. The summed E-state index contributed by atoms with van der Waals surface area (Å²) in [5.74, 6) is -0.391. The Hall–Kier alpha value is -3.06. The number of hydrogen-bond donors (Lipinski definition) is 1. The first kappa shape index (κ1) is 21.6. The Balaban J connectivity index is 1.88. The van der Waals surface area contributed by atoms with Gasteiger partial charge in [0, 0.05) is 6.54 Å². The molecule has 156 valence electrons. The van der Waals surface area contributed by atoms with Crippen molar-refractivity contribution in [3.63, 3.8) is 0 Å². The number of aryl methyl sites for hydroxylation is 1. The topological polar surface area (TPSA) is 79.2 Å². The molecule has 2 aromatic carbocycles. The maximum Gasteiger partial charge on any atom is 0.341 e. The van der Waals surface area contributed by atoms with Crippen LogP contribution in [0.3, 0.4) is 0 Å². The maximum atomic E-state index is 13.0. The average molecular weight is 425 g/mol. The quantitative estimate of drug-likeness (QED) is 0.651. The SMILES string of the molecule is Cc1ccc(N=C2S/C(=C/c3cccc(OCC(=O)O)c3)C(=O)N2CC(C)C)cc1. The molecule has 0 spiro atoms. The molecule has 7 heteroatoms. The summed E-state index contributed by atoms with van der Waals surface area (Å²) in [7, 11) is 0. The molecule has 6 nitrogen and oxygen atoms in total. The van der Waals surface area contributed by atoms with E-state index < -0.39 is 12.6 Å². The fraction of sp³-hybridized carbons (Fsp3) is 0.261. The van der Waals surface area contributed by atoms with Crippen LogP contribution < -0.4 is 4.74 Å². The van der Waals surface area contributed by atoms with Crippen molar-refractivity contribution in [3.8, 4) is 5.75 Å². The number of carboxylic acids is 1. The van der Waals surface area contributed by atoms with E-state index in [0.29, 0.717) is 28.3 Å². The second-order valence-corrected chi connectivity index (χ2v) is 8.41. The number of carbonyl (C=O) groups is 2. The summed E-state index contributed by atoms with van der Waals surface area (Å²) in [5, 5.41) is 9.43. The van der Waals surface area contributed by atoms with Crippen molar-refractivity contribution in [1.29, 1.82) is 0 Å². The van der Waals surface area contributed by atoms with Gasteiger partial charge in [0.05, 0.1) is 10.6 Å². The third-order valence-corrected chi connectivity index (χ3v) is 5.22. The predicted octanol–water partition coefficient (Wildman–Crippen LogP) is 4.72. The molecule has 1 fully saturated rings. The van der Waals surface area contributed by atoms with Crippen LogP contribution in [0.5, 0.6) is 5.75 Å². The summed E-state index contributed by atoms with van der Waals surface area (Å²) < 4.78 is 5.23. The monoisotopic (exact) mass is 424 g/mol. The van der Waals surface area contributed by atoms with Gasteiger partial charge in [-0.1, -0.05) is 43.7 Å². The minimum absolute atomic E-state index is 0.0866. The Bertz CT molecular complexity index is 997. The lowest BCUT2D eigenvalue weighted by molar-refractivity contribution is -0.139. The number of amides is 1. The van der Waals surface area contributed by atoms with E-state index in [4.69, 9.17) is 14.8 Å². The molecule has 0 radical (unpaired) electrons. The average Bonchev–Trinajstić information content (AvgIpc) is 2.97. The van der Waals surface area contributed by atoms with E-state index in [-0.39, 0.29) is 5.91 Å². The smallest absolute Gasteiger partial charge is 0.341 e. The summed E-state index contributed by atoms with van der Waals surface area (Å²) in [4.78, 5) is 30.7. The van der Waals surface area contributed by atoms with Crippen molar-refractivity contribution < 1.29 is 19.4 Å². The van der Waals surface area contributed by atoms with Crippen LogP contribution in [0.15, 0.2) is 58.4 Å². The van der Waals surface area contributed by atoms with Crippen molar-refractivity contribution in [3.05, 3.63) is 64.6 Å². The zero-order valence-electron chi connectivity index (χ0n) is 17.2. The molecule has 2 aromatic rings. The second-order valence-electron chi connectivity index (χ2n) is 7.41. The summed E-state index contributed by atoms with van der Waals surface area (Å²) >= 11 is 1.34. The van der Waals surface area contributed by atoms with E-state index in [1.165, 1.54) is 11.8 Å². The molecule has 0 unspecified atom stereocenters. The van der Waals surface area contributed by atoms with E-state index >= 15 is 0 Å². The van der Waals surface area contributed by atoms with Crippen molar-refractivity contribution >= 4 is 40.6 Å². The highest BCUT2D eigenvalue weighted by Crippen LogP contribution is 2.35. The molecule has 30 heavy (non-hydrogen) atoms. The lowest BCUT2D eigenvalue weighted by Crippen LogP contribution is -2.32.